The van der Waals surface area contributed by atoms with Crippen LogP contribution in [0.5, 0.6) is 0 Å². The van der Waals surface area contributed by atoms with Gasteiger partial charge in [-0.25, -0.2) is 0 Å². The molecule has 0 fully saturated rings. The van der Waals surface area contributed by atoms with Gasteiger partial charge >= 0.3 is 0 Å². The van der Waals surface area contributed by atoms with Gasteiger partial charge in [0.2, 0.25) is 0 Å². The molecule has 0 aliphatic rings. The average Bonchev–Trinajstić information content (AvgIpc) is 3.77. The predicted octanol–water partition coefficient (Wildman–Crippen LogP) is 11.9. The molecule has 0 unspecified atom stereocenters. The molecule has 10 rings (SSSR count). The zero-order valence-corrected chi connectivity index (χ0v) is 24.2. The van der Waals surface area contributed by atoms with Gasteiger partial charge in [0.05, 0.1) is 11.0 Å². The smallest absolute Gasteiger partial charge is 0.143 e. The molecule has 0 aliphatic carbocycles. The summed E-state index contributed by atoms with van der Waals surface area (Å²) < 4.78 is 15.2. The van der Waals surface area contributed by atoms with Crippen LogP contribution in [0.1, 0.15) is 0 Å². The summed E-state index contributed by atoms with van der Waals surface area (Å²) in [4.78, 5) is 0. The number of para-hydroxylation sites is 3. The Kier molecular flexibility index (Phi) is 5.00. The summed E-state index contributed by atoms with van der Waals surface area (Å²) in [6.45, 7) is 0. The van der Waals surface area contributed by atoms with Crippen LogP contribution in [0.15, 0.2) is 160 Å². The molecule has 0 atom stereocenters. The van der Waals surface area contributed by atoms with Crippen molar-refractivity contribution in [2.75, 3.05) is 0 Å². The molecule has 3 aromatic heterocycles. The van der Waals surface area contributed by atoms with Gasteiger partial charge in [-0.3, -0.25) is 0 Å². The Hall–Kier alpha value is -6.06. The maximum atomic E-state index is 6.46. The first-order valence-corrected chi connectivity index (χ1v) is 15.3. The molecule has 0 spiro atoms. The fourth-order valence-electron chi connectivity index (χ4n) is 7.11. The third kappa shape index (κ3) is 3.58. The minimum atomic E-state index is 0.863. The average molecular weight is 576 g/mol. The molecular formula is C42H25NO2. The maximum Gasteiger partial charge on any atom is 0.143 e. The molecule has 3 heteroatoms. The van der Waals surface area contributed by atoms with E-state index in [1.165, 1.54) is 32.9 Å². The molecule has 0 saturated heterocycles. The summed E-state index contributed by atoms with van der Waals surface area (Å²) in [5.74, 6) is 0. The third-order valence-electron chi connectivity index (χ3n) is 9.21. The van der Waals surface area contributed by atoms with E-state index in [1.54, 1.807) is 0 Å². The van der Waals surface area contributed by atoms with Crippen molar-refractivity contribution < 1.29 is 8.83 Å². The van der Waals surface area contributed by atoms with Gasteiger partial charge in [0.25, 0.3) is 0 Å². The largest absolute Gasteiger partial charge is 0.456 e. The van der Waals surface area contributed by atoms with E-state index in [9.17, 15) is 0 Å². The molecule has 0 aliphatic heterocycles. The van der Waals surface area contributed by atoms with Crippen molar-refractivity contribution >= 4 is 65.7 Å². The Morgan fingerprint density at radius 1 is 0.356 bits per heavy atom. The molecule has 0 amide bonds. The normalized spacial score (nSPS) is 12.0. The summed E-state index contributed by atoms with van der Waals surface area (Å²) in [6, 6.07) is 53.6. The standard InChI is InChI=1S/C42H25NO2/c1-2-9-26(10-3-1)27-18-21-38-35(23-27)31-11-4-6-15-37(31)43(38)29-19-22-40-36(25-29)33-20-17-28(24-41(33)44-40)30-13-8-14-34-32-12-5-7-16-39(32)45-42(30)34/h1-25H. The summed E-state index contributed by atoms with van der Waals surface area (Å²) in [5, 5.41) is 6.94. The van der Waals surface area contributed by atoms with Crippen LogP contribution in [-0.2, 0) is 0 Å². The number of rotatable bonds is 3. The van der Waals surface area contributed by atoms with Gasteiger partial charge in [-0.1, -0.05) is 97.1 Å². The highest BCUT2D eigenvalue weighted by molar-refractivity contribution is 6.13. The number of aromatic nitrogens is 1. The number of nitrogens with zero attached hydrogens (tertiary/aromatic N) is 1. The van der Waals surface area contributed by atoms with Crippen molar-refractivity contribution in [3.8, 4) is 27.9 Å². The van der Waals surface area contributed by atoms with Gasteiger partial charge < -0.3 is 13.4 Å². The summed E-state index contributed by atoms with van der Waals surface area (Å²) in [7, 11) is 0. The monoisotopic (exact) mass is 575 g/mol. The van der Waals surface area contributed by atoms with Crippen LogP contribution in [0.4, 0.5) is 0 Å². The first kappa shape index (κ1) is 24.4. The zero-order chi connectivity index (χ0) is 29.5. The Balaban J connectivity index is 1.14. The van der Waals surface area contributed by atoms with E-state index in [2.05, 4.69) is 144 Å². The summed E-state index contributed by atoms with van der Waals surface area (Å²) in [6.07, 6.45) is 0. The van der Waals surface area contributed by atoms with E-state index < -0.39 is 0 Å². The van der Waals surface area contributed by atoms with Crippen LogP contribution >= 0.6 is 0 Å². The topological polar surface area (TPSA) is 31.2 Å². The van der Waals surface area contributed by atoms with Gasteiger partial charge in [0.1, 0.15) is 22.3 Å². The summed E-state index contributed by atoms with van der Waals surface area (Å²) >= 11 is 0. The quantitative estimate of drug-likeness (QED) is 0.210. The molecular weight excluding hydrogens is 550 g/mol. The van der Waals surface area contributed by atoms with E-state index in [1.807, 2.05) is 12.1 Å². The SMILES string of the molecule is c1ccc(-c2ccc3c(c2)c2ccccc2n3-c2ccc3oc4cc(-c5cccc6c5oc5ccccc56)ccc4c3c2)cc1. The minimum Gasteiger partial charge on any atom is -0.456 e. The van der Waals surface area contributed by atoms with Crippen LogP contribution in [0.2, 0.25) is 0 Å². The lowest BCUT2D eigenvalue weighted by molar-refractivity contribution is 0.668. The highest BCUT2D eigenvalue weighted by atomic mass is 16.3. The first-order chi connectivity index (χ1) is 22.3. The third-order valence-corrected chi connectivity index (χ3v) is 9.21. The summed E-state index contributed by atoms with van der Waals surface area (Å²) in [5.41, 5.74) is 11.6. The fourth-order valence-corrected chi connectivity index (χ4v) is 7.11. The number of benzene rings is 7. The zero-order valence-electron chi connectivity index (χ0n) is 24.2. The van der Waals surface area contributed by atoms with Gasteiger partial charge in [0.15, 0.2) is 0 Å². The van der Waals surface area contributed by atoms with Crippen molar-refractivity contribution in [1.29, 1.82) is 0 Å². The second kappa shape index (κ2) is 9.22. The second-order valence-corrected chi connectivity index (χ2v) is 11.7. The first-order valence-electron chi connectivity index (χ1n) is 15.3. The van der Waals surface area contributed by atoms with Crippen molar-refractivity contribution in [3.63, 3.8) is 0 Å². The van der Waals surface area contributed by atoms with Crippen LogP contribution in [0, 0.1) is 0 Å². The Morgan fingerprint density at radius 2 is 1.09 bits per heavy atom. The van der Waals surface area contributed by atoms with Gasteiger partial charge in [-0.2, -0.15) is 0 Å². The van der Waals surface area contributed by atoms with Crippen LogP contribution in [0.25, 0.3) is 93.6 Å². The maximum absolute atomic E-state index is 6.46. The second-order valence-electron chi connectivity index (χ2n) is 11.7. The minimum absolute atomic E-state index is 0.863. The molecule has 7 aromatic carbocycles. The molecule has 10 aromatic rings. The highest BCUT2D eigenvalue weighted by Crippen LogP contribution is 2.40. The van der Waals surface area contributed by atoms with Gasteiger partial charge in [0, 0.05) is 43.6 Å². The Labute approximate surface area is 258 Å². The van der Waals surface area contributed by atoms with Crippen molar-refractivity contribution in [3.05, 3.63) is 152 Å². The number of hydrogen-bond donors (Lipinski definition) is 0. The highest BCUT2D eigenvalue weighted by Gasteiger charge is 2.17. The molecule has 0 saturated carbocycles. The van der Waals surface area contributed by atoms with Gasteiger partial charge in [-0.05, 0) is 71.3 Å². The predicted molar refractivity (Wildman–Crippen MR) is 186 cm³/mol. The number of fused-ring (bicyclic) bond motifs is 9. The molecule has 0 radical (unpaired) electrons. The van der Waals surface area contributed by atoms with Crippen molar-refractivity contribution in [2.24, 2.45) is 0 Å². The van der Waals surface area contributed by atoms with Crippen molar-refractivity contribution in [2.45, 2.75) is 0 Å². The van der Waals surface area contributed by atoms with Gasteiger partial charge in [-0.15, -0.1) is 0 Å². The molecule has 210 valence electrons. The molecule has 3 heterocycles. The van der Waals surface area contributed by atoms with Crippen LogP contribution in [-0.4, -0.2) is 4.57 Å². The molecule has 3 nitrogen and oxygen atoms in total. The van der Waals surface area contributed by atoms with E-state index in [4.69, 9.17) is 8.83 Å². The molecule has 0 N–H and O–H groups in total. The van der Waals surface area contributed by atoms with E-state index in [0.717, 1.165) is 60.7 Å². The number of hydrogen-bond acceptors (Lipinski definition) is 2. The van der Waals surface area contributed by atoms with E-state index >= 15 is 0 Å². The van der Waals surface area contributed by atoms with E-state index in [0.29, 0.717) is 0 Å². The Morgan fingerprint density at radius 3 is 2.02 bits per heavy atom. The van der Waals surface area contributed by atoms with Crippen molar-refractivity contribution in [1.82, 2.24) is 4.57 Å². The fraction of sp³-hybridized carbons (Fsp3) is 0. The Bertz CT molecular complexity index is 2760. The molecule has 45 heavy (non-hydrogen) atoms. The lowest BCUT2D eigenvalue weighted by atomic mass is 10.0. The molecule has 0 bridgehead atoms. The van der Waals surface area contributed by atoms with E-state index in [-0.39, 0.29) is 0 Å². The lowest BCUT2D eigenvalue weighted by Gasteiger charge is -2.09. The lowest BCUT2D eigenvalue weighted by Crippen LogP contribution is -1.93. The number of furan rings is 2. The van der Waals surface area contributed by atoms with Crippen LogP contribution < -0.4 is 0 Å². The van der Waals surface area contributed by atoms with Crippen LogP contribution in [0.3, 0.4) is 0 Å².